The predicted octanol–water partition coefficient (Wildman–Crippen LogP) is 3.41. The van der Waals surface area contributed by atoms with Gasteiger partial charge >= 0.3 is 0 Å². The molecule has 2 aromatic heterocycles. The van der Waals surface area contributed by atoms with Gasteiger partial charge in [-0.05, 0) is 28.9 Å². The fourth-order valence-corrected chi connectivity index (χ4v) is 1.99. The van der Waals surface area contributed by atoms with Crippen molar-refractivity contribution in [3.8, 4) is 0 Å². The third-order valence-electron chi connectivity index (χ3n) is 1.91. The lowest BCUT2D eigenvalue weighted by molar-refractivity contribution is 0.384. The first-order chi connectivity index (χ1) is 7.65. The summed E-state index contributed by atoms with van der Waals surface area (Å²) in [5.41, 5.74) is 0.861. The fraction of sp³-hybridized carbons (Fsp3) is 0.200. The largest absolute Gasteiger partial charge is 0.362 e. The van der Waals surface area contributed by atoms with Crippen molar-refractivity contribution in [2.45, 2.75) is 13.5 Å². The van der Waals surface area contributed by atoms with Gasteiger partial charge in [-0.2, -0.15) is 0 Å². The Hall–Kier alpha value is -1.07. The van der Waals surface area contributed by atoms with Gasteiger partial charge in [0.05, 0.1) is 21.7 Å². The number of hydrogen-bond donors (Lipinski definition) is 1. The van der Waals surface area contributed by atoms with Crippen LogP contribution in [0.25, 0.3) is 0 Å². The van der Waals surface area contributed by atoms with Crippen LogP contribution in [0.5, 0.6) is 0 Å². The Kier molecular flexibility index (Phi) is 3.46. The van der Waals surface area contributed by atoms with E-state index in [-0.39, 0.29) is 0 Å². The summed E-state index contributed by atoms with van der Waals surface area (Å²) in [7, 11) is 0. The minimum Gasteiger partial charge on any atom is -0.362 e. The van der Waals surface area contributed by atoms with Crippen LogP contribution in [0.3, 0.4) is 0 Å². The average molecular weight is 303 g/mol. The second kappa shape index (κ2) is 4.84. The number of pyridine rings is 1. The third-order valence-corrected chi connectivity index (χ3v) is 2.73. The molecule has 2 rings (SSSR count). The Morgan fingerprint density at radius 1 is 1.50 bits per heavy atom. The molecule has 4 nitrogen and oxygen atoms in total. The van der Waals surface area contributed by atoms with Crippen molar-refractivity contribution in [1.29, 1.82) is 0 Å². The fourth-order valence-electron chi connectivity index (χ4n) is 1.22. The molecule has 0 spiro atoms. The molecule has 0 aromatic carbocycles. The molecule has 0 saturated heterocycles. The first kappa shape index (κ1) is 11.4. The van der Waals surface area contributed by atoms with Gasteiger partial charge in [-0.15, -0.1) is 0 Å². The van der Waals surface area contributed by atoms with Gasteiger partial charge in [0, 0.05) is 12.3 Å². The van der Waals surface area contributed by atoms with Gasteiger partial charge in [-0.3, -0.25) is 0 Å². The van der Waals surface area contributed by atoms with Gasteiger partial charge in [0.2, 0.25) is 0 Å². The summed E-state index contributed by atoms with van der Waals surface area (Å²) >= 11 is 9.16. The molecule has 0 atom stereocenters. The lowest BCUT2D eigenvalue weighted by Crippen LogP contribution is -2.00. The summed E-state index contributed by atoms with van der Waals surface area (Å²) in [6.45, 7) is 2.41. The van der Waals surface area contributed by atoms with Crippen LogP contribution >= 0.6 is 27.5 Å². The number of aryl methyl sites for hydroxylation is 1. The van der Waals surface area contributed by atoms with Crippen molar-refractivity contribution in [2.24, 2.45) is 0 Å². The summed E-state index contributed by atoms with van der Waals surface area (Å²) < 4.78 is 5.88. The van der Waals surface area contributed by atoms with Gasteiger partial charge in [0.1, 0.15) is 5.82 Å². The molecule has 2 heterocycles. The van der Waals surface area contributed by atoms with E-state index in [0.717, 1.165) is 21.7 Å². The van der Waals surface area contributed by atoms with Crippen molar-refractivity contribution in [1.82, 2.24) is 10.1 Å². The van der Waals surface area contributed by atoms with Crippen molar-refractivity contribution >= 4 is 33.3 Å². The first-order valence-corrected chi connectivity index (χ1v) is 5.79. The molecular weight excluding hydrogens is 293 g/mol. The average Bonchev–Trinajstić information content (AvgIpc) is 2.63. The van der Waals surface area contributed by atoms with Crippen LogP contribution in [-0.2, 0) is 6.54 Å². The van der Waals surface area contributed by atoms with Crippen LogP contribution in [0.2, 0.25) is 5.02 Å². The molecule has 0 radical (unpaired) electrons. The number of hydrogen-bond acceptors (Lipinski definition) is 4. The minimum atomic E-state index is 0.536. The Bertz CT molecular complexity index is 501. The van der Waals surface area contributed by atoms with Crippen LogP contribution in [0.1, 0.15) is 11.5 Å². The zero-order valence-corrected chi connectivity index (χ0v) is 10.8. The lowest BCUT2D eigenvalue weighted by Gasteiger charge is -2.05. The zero-order chi connectivity index (χ0) is 11.5. The second-order valence-electron chi connectivity index (χ2n) is 3.27. The van der Waals surface area contributed by atoms with E-state index in [1.807, 2.05) is 13.0 Å². The molecule has 84 valence electrons. The number of aromatic nitrogens is 2. The maximum absolute atomic E-state index is 5.79. The highest BCUT2D eigenvalue weighted by molar-refractivity contribution is 9.10. The molecule has 16 heavy (non-hydrogen) atoms. The number of anilines is 1. The molecule has 0 aliphatic carbocycles. The van der Waals surface area contributed by atoms with Crippen LogP contribution in [-0.4, -0.2) is 10.1 Å². The van der Waals surface area contributed by atoms with Crippen LogP contribution in [0.4, 0.5) is 5.82 Å². The standard InChI is InChI=1S/C10H9BrClN3O/c1-6-2-8(16-15-6)5-14-10-9(11)3-7(12)4-13-10/h2-4H,5H2,1H3,(H,13,14). The zero-order valence-electron chi connectivity index (χ0n) is 8.50. The van der Waals surface area contributed by atoms with E-state index in [0.29, 0.717) is 11.6 Å². The highest BCUT2D eigenvalue weighted by Crippen LogP contribution is 2.23. The normalized spacial score (nSPS) is 10.4. The van der Waals surface area contributed by atoms with Gasteiger partial charge in [-0.25, -0.2) is 4.98 Å². The van der Waals surface area contributed by atoms with Crippen molar-refractivity contribution in [2.75, 3.05) is 5.32 Å². The number of halogens is 2. The Balaban J connectivity index is 2.04. The van der Waals surface area contributed by atoms with Crippen LogP contribution < -0.4 is 5.32 Å². The monoisotopic (exact) mass is 301 g/mol. The van der Waals surface area contributed by atoms with Gasteiger partial charge in [0.15, 0.2) is 5.76 Å². The molecule has 6 heteroatoms. The third kappa shape index (κ3) is 2.74. The highest BCUT2D eigenvalue weighted by atomic mass is 79.9. The van der Waals surface area contributed by atoms with E-state index in [9.17, 15) is 0 Å². The van der Waals surface area contributed by atoms with Gasteiger partial charge in [-0.1, -0.05) is 16.8 Å². The van der Waals surface area contributed by atoms with Crippen molar-refractivity contribution < 1.29 is 4.52 Å². The van der Waals surface area contributed by atoms with E-state index in [1.165, 1.54) is 0 Å². The molecule has 0 bridgehead atoms. The quantitative estimate of drug-likeness (QED) is 0.944. The molecular formula is C10H9BrClN3O. The maximum atomic E-state index is 5.79. The molecule has 0 saturated carbocycles. The summed E-state index contributed by atoms with van der Waals surface area (Å²) in [5.74, 6) is 1.49. The van der Waals surface area contributed by atoms with Crippen LogP contribution in [0, 0.1) is 6.92 Å². The minimum absolute atomic E-state index is 0.536. The Labute approximate surface area is 106 Å². The number of nitrogens with one attached hydrogen (secondary N) is 1. The maximum Gasteiger partial charge on any atom is 0.156 e. The van der Waals surface area contributed by atoms with Gasteiger partial charge in [0.25, 0.3) is 0 Å². The van der Waals surface area contributed by atoms with Crippen LogP contribution in [0.15, 0.2) is 27.3 Å². The van der Waals surface area contributed by atoms with E-state index < -0.39 is 0 Å². The van der Waals surface area contributed by atoms with Crippen molar-refractivity contribution in [3.63, 3.8) is 0 Å². The van der Waals surface area contributed by atoms with E-state index in [4.69, 9.17) is 16.1 Å². The molecule has 1 N–H and O–H groups in total. The number of nitrogens with zero attached hydrogens (tertiary/aromatic N) is 2. The smallest absolute Gasteiger partial charge is 0.156 e. The van der Waals surface area contributed by atoms with E-state index >= 15 is 0 Å². The molecule has 0 aliphatic rings. The number of rotatable bonds is 3. The molecule has 0 amide bonds. The first-order valence-electron chi connectivity index (χ1n) is 4.62. The second-order valence-corrected chi connectivity index (χ2v) is 4.56. The van der Waals surface area contributed by atoms with Crippen molar-refractivity contribution in [3.05, 3.63) is 39.3 Å². The summed E-state index contributed by atoms with van der Waals surface area (Å²) in [6, 6.07) is 3.65. The predicted molar refractivity (Wildman–Crippen MR) is 65.5 cm³/mol. The Morgan fingerprint density at radius 3 is 2.94 bits per heavy atom. The molecule has 2 aromatic rings. The van der Waals surface area contributed by atoms with Gasteiger partial charge < -0.3 is 9.84 Å². The van der Waals surface area contributed by atoms with E-state index in [2.05, 4.69) is 31.4 Å². The van der Waals surface area contributed by atoms with E-state index in [1.54, 1.807) is 12.3 Å². The Morgan fingerprint density at radius 2 is 2.31 bits per heavy atom. The SMILES string of the molecule is Cc1cc(CNc2ncc(Cl)cc2Br)on1. The summed E-state index contributed by atoms with van der Waals surface area (Å²) in [5, 5.41) is 7.51. The summed E-state index contributed by atoms with van der Waals surface area (Å²) in [4.78, 5) is 4.15. The molecule has 0 unspecified atom stereocenters. The summed E-state index contributed by atoms with van der Waals surface area (Å²) in [6.07, 6.45) is 1.58. The molecule has 0 aliphatic heterocycles. The highest BCUT2D eigenvalue weighted by Gasteiger charge is 2.04. The topological polar surface area (TPSA) is 51.0 Å². The molecule has 0 fully saturated rings. The lowest BCUT2D eigenvalue weighted by atomic mass is 10.4.